The van der Waals surface area contributed by atoms with Gasteiger partial charge in [-0.15, -0.1) is 0 Å². The number of hydrogen-bond acceptors (Lipinski definition) is 6. The number of pyridine rings is 1. The summed E-state index contributed by atoms with van der Waals surface area (Å²) in [5, 5.41) is 0.812. The lowest BCUT2D eigenvalue weighted by Crippen LogP contribution is -2.32. The number of carbonyl (C=O) groups is 1. The Morgan fingerprint density at radius 1 is 1.24 bits per heavy atom. The number of halogens is 3. The van der Waals surface area contributed by atoms with E-state index >= 15 is 0 Å². The fraction of sp³-hybridized carbons (Fsp3) is 0.625. The van der Waals surface area contributed by atoms with Crippen LogP contribution in [0, 0.1) is 11.8 Å². The summed E-state index contributed by atoms with van der Waals surface area (Å²) < 4.78 is 29.8. The Morgan fingerprint density at radius 2 is 2.03 bits per heavy atom. The van der Waals surface area contributed by atoms with Crippen LogP contribution in [-0.2, 0) is 24.2 Å². The van der Waals surface area contributed by atoms with E-state index in [1.807, 2.05) is 6.07 Å². The first-order valence-electron chi connectivity index (χ1n) is 11.7. The number of rotatable bonds is 10. The Balaban J connectivity index is 1.14. The molecule has 0 amide bonds. The summed E-state index contributed by atoms with van der Waals surface area (Å²) in [7, 11) is 0. The first kappa shape index (κ1) is 24.5. The van der Waals surface area contributed by atoms with Crippen LogP contribution in [0.15, 0.2) is 18.3 Å². The first-order chi connectivity index (χ1) is 15.9. The molecule has 2 aromatic heterocycles. The van der Waals surface area contributed by atoms with Gasteiger partial charge in [-0.1, -0.05) is 41.8 Å². The number of ether oxygens (including phenoxy) is 1. The van der Waals surface area contributed by atoms with Gasteiger partial charge in [0.05, 0.1) is 5.69 Å². The molecule has 9 heteroatoms. The highest BCUT2D eigenvalue weighted by Gasteiger charge is 2.26. The molecule has 0 aromatic carbocycles. The monoisotopic (exact) mass is 497 g/mol. The Morgan fingerprint density at radius 3 is 2.76 bits per heavy atom. The molecule has 33 heavy (non-hydrogen) atoms. The molecule has 4 rings (SSSR count). The number of Topliss-reactive ketones (excluding diaryl/α,β-unsaturated/α-hetero) is 1. The van der Waals surface area contributed by atoms with Crippen molar-refractivity contribution in [3.05, 3.63) is 39.6 Å². The fourth-order valence-electron chi connectivity index (χ4n) is 4.84. The first-order valence-corrected chi connectivity index (χ1v) is 12.9. The molecule has 0 bridgehead atoms. The third-order valence-electron chi connectivity index (χ3n) is 6.65. The molecule has 0 radical (unpaired) electrons. The van der Waals surface area contributed by atoms with Crippen molar-refractivity contribution in [1.29, 1.82) is 0 Å². The molecular weight excluding hydrogens is 468 g/mol. The molecule has 1 saturated carbocycles. The number of alkyl halides is 2. The van der Waals surface area contributed by atoms with E-state index in [4.69, 9.17) is 16.3 Å². The molecule has 5 nitrogen and oxygen atoms in total. The maximum absolute atomic E-state index is 12.4. The van der Waals surface area contributed by atoms with Crippen molar-refractivity contribution in [3.8, 4) is 5.19 Å². The van der Waals surface area contributed by atoms with Crippen LogP contribution >= 0.6 is 22.9 Å². The van der Waals surface area contributed by atoms with Crippen molar-refractivity contribution in [3.63, 3.8) is 0 Å². The molecule has 1 aliphatic heterocycles. The van der Waals surface area contributed by atoms with Crippen LogP contribution in [0.1, 0.15) is 54.7 Å². The molecule has 2 aliphatic rings. The van der Waals surface area contributed by atoms with E-state index in [0.717, 1.165) is 61.5 Å². The number of hydrogen-bond donors (Lipinski definition) is 0. The zero-order valence-electron chi connectivity index (χ0n) is 18.6. The highest BCUT2D eigenvalue weighted by atomic mass is 35.5. The van der Waals surface area contributed by atoms with Gasteiger partial charge in [0, 0.05) is 37.0 Å². The number of nitrogens with zero attached hydrogens (tertiary/aromatic N) is 3. The smallest absolute Gasteiger partial charge is 0.273 e. The van der Waals surface area contributed by atoms with Crippen LogP contribution in [-0.4, -0.2) is 46.8 Å². The van der Waals surface area contributed by atoms with Crippen molar-refractivity contribution >= 4 is 28.7 Å². The zero-order valence-corrected chi connectivity index (χ0v) is 20.2. The van der Waals surface area contributed by atoms with Gasteiger partial charge in [-0.2, -0.15) is 0 Å². The zero-order chi connectivity index (χ0) is 23.2. The molecular formula is C24H30ClF2N3O2S. The van der Waals surface area contributed by atoms with E-state index in [9.17, 15) is 13.6 Å². The lowest BCUT2D eigenvalue weighted by molar-refractivity contribution is -0.119. The molecule has 0 N–H and O–H groups in total. The number of aromatic nitrogens is 2. The van der Waals surface area contributed by atoms with Gasteiger partial charge in [0.2, 0.25) is 0 Å². The molecule has 180 valence electrons. The van der Waals surface area contributed by atoms with E-state index in [-0.39, 0.29) is 5.78 Å². The van der Waals surface area contributed by atoms with Crippen molar-refractivity contribution in [2.24, 2.45) is 11.8 Å². The molecule has 0 atom stereocenters. The minimum Gasteiger partial charge on any atom is -0.464 e. The molecule has 1 fully saturated rings. The average molecular weight is 498 g/mol. The summed E-state index contributed by atoms with van der Waals surface area (Å²) in [4.78, 5) is 24.5. The van der Waals surface area contributed by atoms with E-state index in [1.165, 1.54) is 24.2 Å². The predicted molar refractivity (Wildman–Crippen MR) is 125 cm³/mol. The summed E-state index contributed by atoms with van der Waals surface area (Å²) in [6, 6.07) is 3.60. The lowest BCUT2D eigenvalue weighted by Gasteiger charge is -2.31. The van der Waals surface area contributed by atoms with Crippen molar-refractivity contribution in [2.75, 3.05) is 19.7 Å². The molecule has 0 unspecified atom stereocenters. The second-order valence-corrected chi connectivity index (χ2v) is 10.6. The average Bonchev–Trinajstić information content (AvgIpc) is 3.21. The van der Waals surface area contributed by atoms with Crippen LogP contribution in [0.3, 0.4) is 0 Å². The van der Waals surface area contributed by atoms with Gasteiger partial charge in [0.15, 0.2) is 6.61 Å². The topological polar surface area (TPSA) is 55.3 Å². The van der Waals surface area contributed by atoms with Gasteiger partial charge >= 0.3 is 0 Å². The summed E-state index contributed by atoms with van der Waals surface area (Å²) in [5.74, 6) is 1.48. The van der Waals surface area contributed by atoms with Crippen LogP contribution in [0.25, 0.3) is 0 Å². The van der Waals surface area contributed by atoms with Crippen LogP contribution in [0.4, 0.5) is 8.78 Å². The van der Waals surface area contributed by atoms with E-state index in [2.05, 4.69) is 14.9 Å². The highest BCUT2D eigenvalue weighted by Crippen LogP contribution is 2.34. The van der Waals surface area contributed by atoms with Gasteiger partial charge in [-0.25, -0.2) is 18.7 Å². The third kappa shape index (κ3) is 7.42. The fourth-order valence-corrected chi connectivity index (χ4v) is 5.86. The van der Waals surface area contributed by atoms with E-state index in [1.54, 1.807) is 12.3 Å². The maximum atomic E-state index is 12.4. The Labute approximate surface area is 202 Å². The van der Waals surface area contributed by atoms with Gasteiger partial charge in [-0.05, 0) is 55.7 Å². The van der Waals surface area contributed by atoms with Gasteiger partial charge in [-0.3, -0.25) is 9.69 Å². The lowest BCUT2D eigenvalue weighted by atomic mass is 9.78. The van der Waals surface area contributed by atoms with Crippen molar-refractivity contribution in [1.82, 2.24) is 14.9 Å². The van der Waals surface area contributed by atoms with E-state index in [0.29, 0.717) is 35.0 Å². The Bertz CT molecular complexity index is 917. The summed E-state index contributed by atoms with van der Waals surface area (Å²) in [6.07, 6.45) is 6.97. The van der Waals surface area contributed by atoms with Crippen LogP contribution in [0.2, 0.25) is 5.15 Å². The van der Waals surface area contributed by atoms with Gasteiger partial charge in [0.25, 0.3) is 11.6 Å². The standard InChI is InChI=1S/C24H30ClF2N3O2S/c25-22-6-5-18(13-28-22)12-19(31)11-17-3-1-16(2-4-17)7-9-30-10-8-21-20(14-30)29-24(33-21)32-15-23(26)27/h5-6,13,16-17,23H,1-4,7-12,14-15H2. The largest absolute Gasteiger partial charge is 0.464 e. The van der Waals surface area contributed by atoms with Crippen LogP contribution in [0.5, 0.6) is 5.19 Å². The van der Waals surface area contributed by atoms with Crippen LogP contribution < -0.4 is 4.74 Å². The Kier molecular flexibility index (Phi) is 8.66. The SMILES string of the molecule is O=C(Cc1ccc(Cl)nc1)CC1CCC(CCN2CCc3sc(OCC(F)F)nc3C2)CC1. The molecule has 0 spiro atoms. The number of carbonyl (C=O) groups excluding carboxylic acids is 1. The number of fused-ring (bicyclic) bond motifs is 1. The predicted octanol–water partition coefficient (Wildman–Crippen LogP) is 5.59. The highest BCUT2D eigenvalue weighted by molar-refractivity contribution is 7.13. The van der Waals surface area contributed by atoms with Gasteiger partial charge < -0.3 is 4.74 Å². The molecule has 2 aromatic rings. The minimum absolute atomic E-state index is 0.284. The summed E-state index contributed by atoms with van der Waals surface area (Å²) in [6.45, 7) is 2.19. The minimum atomic E-state index is -2.48. The quantitative estimate of drug-likeness (QED) is 0.400. The van der Waals surface area contributed by atoms with E-state index < -0.39 is 13.0 Å². The Hall–Kier alpha value is -1.64. The van der Waals surface area contributed by atoms with Crippen molar-refractivity contribution in [2.45, 2.75) is 64.3 Å². The summed E-state index contributed by atoms with van der Waals surface area (Å²) >= 11 is 7.21. The normalized spacial score (nSPS) is 21.2. The molecule has 1 aliphatic carbocycles. The maximum Gasteiger partial charge on any atom is 0.273 e. The van der Waals surface area contributed by atoms with Gasteiger partial charge in [0.1, 0.15) is 10.9 Å². The third-order valence-corrected chi connectivity index (χ3v) is 7.94. The number of ketones is 1. The molecule has 0 saturated heterocycles. The second kappa shape index (κ2) is 11.7. The second-order valence-electron chi connectivity index (χ2n) is 9.16. The number of thiazole rings is 1. The summed E-state index contributed by atoms with van der Waals surface area (Å²) in [5.41, 5.74) is 1.91. The molecule has 3 heterocycles. The van der Waals surface area contributed by atoms with Crippen molar-refractivity contribution < 1.29 is 18.3 Å².